The molecule has 6 rings (SSSR count). The highest BCUT2D eigenvalue weighted by Crippen LogP contribution is 2.47. The van der Waals surface area contributed by atoms with Gasteiger partial charge in [0.1, 0.15) is 11.3 Å². The van der Waals surface area contributed by atoms with Crippen molar-refractivity contribution in [2.45, 2.75) is 70.4 Å². The van der Waals surface area contributed by atoms with Crippen molar-refractivity contribution in [2.75, 3.05) is 13.7 Å². The molecule has 0 radical (unpaired) electrons. The topological polar surface area (TPSA) is 73.2 Å². The molecule has 7 nitrogen and oxygen atoms in total. The molecule has 1 saturated carbocycles. The quantitative estimate of drug-likeness (QED) is 0.491. The molecule has 3 heterocycles. The van der Waals surface area contributed by atoms with Gasteiger partial charge in [-0.05, 0) is 49.4 Å². The fourth-order valence-electron chi connectivity index (χ4n) is 6.10. The summed E-state index contributed by atoms with van der Waals surface area (Å²) >= 11 is 0. The maximum atomic E-state index is 14.0. The van der Waals surface area contributed by atoms with E-state index >= 15 is 0 Å². The molecule has 7 heteroatoms. The summed E-state index contributed by atoms with van der Waals surface area (Å²) in [6.07, 6.45) is 6.21. The van der Waals surface area contributed by atoms with Crippen LogP contribution in [0, 0.1) is 5.92 Å². The van der Waals surface area contributed by atoms with Crippen molar-refractivity contribution in [3.63, 3.8) is 0 Å². The summed E-state index contributed by atoms with van der Waals surface area (Å²) in [7, 11) is 1.58. The van der Waals surface area contributed by atoms with Crippen molar-refractivity contribution >= 4 is 16.9 Å². The molecule has 1 amide bonds. The second-order valence-electron chi connectivity index (χ2n) is 10.8. The summed E-state index contributed by atoms with van der Waals surface area (Å²) in [5.41, 5.74) is 1.34. The molecule has 3 aliphatic rings. The van der Waals surface area contributed by atoms with Crippen LogP contribution in [0.1, 0.15) is 62.1 Å². The number of ether oxygens (including phenoxy) is 3. The first-order valence-corrected chi connectivity index (χ1v) is 13.0. The van der Waals surface area contributed by atoms with Gasteiger partial charge in [0.05, 0.1) is 13.7 Å². The minimum Gasteiger partial charge on any atom is -0.493 e. The predicted octanol–water partition coefficient (Wildman–Crippen LogP) is 5.51. The SMILES string of the molecule is COc1cc(C(=O)N(Cc2cc3ccccc3o2)C[C@@H]2C[C@@H]3CCCC[C@@H]3N2)cc2c1OC(C)(C)O2. The molecular weight excluding hydrogens is 456 g/mol. The maximum Gasteiger partial charge on any atom is 0.254 e. The van der Waals surface area contributed by atoms with Gasteiger partial charge in [-0.1, -0.05) is 31.0 Å². The van der Waals surface area contributed by atoms with Crippen molar-refractivity contribution in [1.82, 2.24) is 10.2 Å². The number of furan rings is 1. The zero-order valence-electron chi connectivity index (χ0n) is 21.2. The van der Waals surface area contributed by atoms with Gasteiger partial charge in [0.2, 0.25) is 11.5 Å². The number of carbonyl (C=O) groups excluding carboxylic acids is 1. The molecule has 2 aliphatic heterocycles. The molecule has 2 aromatic carbocycles. The summed E-state index contributed by atoms with van der Waals surface area (Å²) in [6, 6.07) is 14.3. The highest BCUT2D eigenvalue weighted by molar-refractivity contribution is 5.96. The van der Waals surface area contributed by atoms with Gasteiger partial charge < -0.3 is 28.8 Å². The Kier molecular flexibility index (Phi) is 5.83. The van der Waals surface area contributed by atoms with Crippen molar-refractivity contribution in [1.29, 1.82) is 0 Å². The van der Waals surface area contributed by atoms with E-state index < -0.39 is 5.79 Å². The van der Waals surface area contributed by atoms with E-state index in [2.05, 4.69) is 5.32 Å². The second-order valence-corrected chi connectivity index (χ2v) is 10.8. The third-order valence-electron chi connectivity index (χ3n) is 7.69. The summed E-state index contributed by atoms with van der Waals surface area (Å²) in [4.78, 5) is 15.9. The highest BCUT2D eigenvalue weighted by Gasteiger charge is 2.38. The third-order valence-corrected chi connectivity index (χ3v) is 7.69. The number of rotatable bonds is 6. The molecule has 1 aromatic heterocycles. The Balaban J connectivity index is 1.30. The predicted molar refractivity (Wildman–Crippen MR) is 137 cm³/mol. The fraction of sp³-hybridized carbons (Fsp3) is 0.483. The Morgan fingerprint density at radius 1 is 1.14 bits per heavy atom. The lowest BCUT2D eigenvalue weighted by Gasteiger charge is -2.26. The van der Waals surface area contributed by atoms with Gasteiger partial charge in [0, 0.05) is 43.4 Å². The van der Waals surface area contributed by atoms with Crippen LogP contribution in [-0.4, -0.2) is 42.3 Å². The summed E-state index contributed by atoms with van der Waals surface area (Å²) in [5, 5.41) is 4.86. The maximum absolute atomic E-state index is 14.0. The number of para-hydroxylation sites is 1. The first kappa shape index (κ1) is 23.2. The van der Waals surface area contributed by atoms with Gasteiger partial charge in [-0.3, -0.25) is 4.79 Å². The first-order valence-electron chi connectivity index (χ1n) is 13.0. The van der Waals surface area contributed by atoms with Crippen LogP contribution in [0.2, 0.25) is 0 Å². The Hall–Kier alpha value is -3.19. The number of carbonyl (C=O) groups is 1. The Labute approximate surface area is 211 Å². The molecule has 1 saturated heterocycles. The van der Waals surface area contributed by atoms with Crippen molar-refractivity contribution < 1.29 is 23.4 Å². The van der Waals surface area contributed by atoms with E-state index in [0.29, 0.717) is 47.9 Å². The number of hydrogen-bond acceptors (Lipinski definition) is 6. The zero-order valence-corrected chi connectivity index (χ0v) is 21.2. The first-order chi connectivity index (χ1) is 17.4. The average molecular weight is 491 g/mol. The summed E-state index contributed by atoms with van der Waals surface area (Å²) in [6.45, 7) is 4.69. The van der Waals surface area contributed by atoms with E-state index in [1.54, 1.807) is 19.2 Å². The fourth-order valence-corrected chi connectivity index (χ4v) is 6.10. The van der Waals surface area contributed by atoms with E-state index in [0.717, 1.165) is 23.2 Å². The van der Waals surface area contributed by atoms with Crippen molar-refractivity contribution in [2.24, 2.45) is 5.92 Å². The van der Waals surface area contributed by atoms with Crippen LogP contribution in [0.15, 0.2) is 46.9 Å². The number of nitrogens with zero attached hydrogens (tertiary/aromatic N) is 1. The Morgan fingerprint density at radius 3 is 2.78 bits per heavy atom. The van der Waals surface area contributed by atoms with Crippen LogP contribution in [0.25, 0.3) is 11.0 Å². The molecule has 0 spiro atoms. The van der Waals surface area contributed by atoms with Gasteiger partial charge >= 0.3 is 0 Å². The average Bonchev–Trinajstić information content (AvgIpc) is 3.54. The van der Waals surface area contributed by atoms with Gasteiger partial charge in [0.25, 0.3) is 5.91 Å². The number of fused-ring (bicyclic) bond motifs is 3. The lowest BCUT2D eigenvalue weighted by atomic mass is 9.85. The van der Waals surface area contributed by atoms with Gasteiger partial charge in [0.15, 0.2) is 11.5 Å². The molecule has 0 bridgehead atoms. The van der Waals surface area contributed by atoms with Crippen LogP contribution in [0.3, 0.4) is 0 Å². The number of amides is 1. The molecule has 1 aliphatic carbocycles. The Morgan fingerprint density at radius 2 is 1.97 bits per heavy atom. The highest BCUT2D eigenvalue weighted by atomic mass is 16.7. The molecule has 2 fully saturated rings. The van der Waals surface area contributed by atoms with E-state index in [9.17, 15) is 4.79 Å². The van der Waals surface area contributed by atoms with Gasteiger partial charge in [-0.25, -0.2) is 0 Å². The molecule has 36 heavy (non-hydrogen) atoms. The minimum atomic E-state index is -0.810. The van der Waals surface area contributed by atoms with Crippen LogP contribution in [-0.2, 0) is 6.54 Å². The molecule has 0 unspecified atom stereocenters. The van der Waals surface area contributed by atoms with E-state index in [4.69, 9.17) is 18.6 Å². The van der Waals surface area contributed by atoms with Gasteiger partial charge in [-0.2, -0.15) is 0 Å². The second kappa shape index (κ2) is 9.04. The number of hydrogen-bond donors (Lipinski definition) is 1. The number of benzene rings is 2. The van der Waals surface area contributed by atoms with Crippen molar-refractivity contribution in [3.05, 3.63) is 53.8 Å². The monoisotopic (exact) mass is 490 g/mol. The number of nitrogens with one attached hydrogen (secondary N) is 1. The lowest BCUT2D eigenvalue weighted by molar-refractivity contribution is -0.0439. The molecule has 190 valence electrons. The van der Waals surface area contributed by atoms with Crippen LogP contribution in [0.4, 0.5) is 0 Å². The van der Waals surface area contributed by atoms with E-state index in [1.807, 2.05) is 49.1 Å². The molecule has 3 atom stereocenters. The van der Waals surface area contributed by atoms with Crippen LogP contribution < -0.4 is 19.5 Å². The van der Waals surface area contributed by atoms with Crippen LogP contribution in [0.5, 0.6) is 17.2 Å². The lowest BCUT2D eigenvalue weighted by Crippen LogP contribution is -2.42. The standard InChI is InChI=1S/C29H34N2O5/c1-29(2)35-26-15-20(14-25(33-3)27(26)36-29)28(32)31(16-21-12-18-8-4-6-10-23(18)30-21)17-22-13-19-9-5-7-11-24(19)34-22/h5,7,9,11,13-15,18,21,23,30H,4,6,8,10,12,16-17H2,1-3H3/t18-,21-,23-/m0/s1. The van der Waals surface area contributed by atoms with Gasteiger partial charge in [-0.15, -0.1) is 0 Å². The van der Waals surface area contributed by atoms with Crippen molar-refractivity contribution in [3.8, 4) is 17.2 Å². The smallest absolute Gasteiger partial charge is 0.254 e. The van der Waals surface area contributed by atoms with Crippen LogP contribution >= 0.6 is 0 Å². The zero-order chi connectivity index (χ0) is 24.9. The molecule has 3 aromatic rings. The minimum absolute atomic E-state index is 0.0819. The molecular formula is C29H34N2O5. The molecule has 1 N–H and O–H groups in total. The Bertz CT molecular complexity index is 1230. The van der Waals surface area contributed by atoms with E-state index in [1.165, 1.54) is 25.7 Å². The summed E-state index contributed by atoms with van der Waals surface area (Å²) < 4.78 is 23.5. The number of methoxy groups -OCH3 is 1. The normalized spacial score (nSPS) is 24.0. The summed E-state index contributed by atoms with van der Waals surface area (Å²) in [5.74, 6) is 2.14. The largest absolute Gasteiger partial charge is 0.493 e. The van der Waals surface area contributed by atoms with E-state index in [-0.39, 0.29) is 11.9 Å². The third kappa shape index (κ3) is 4.41.